The van der Waals surface area contributed by atoms with Crippen LogP contribution in [0.15, 0.2) is 16.6 Å². The molecule has 0 amide bonds. The molecule has 0 radical (unpaired) electrons. The third-order valence-corrected chi connectivity index (χ3v) is 4.37. The number of benzene rings is 1. The topological polar surface area (TPSA) is 35.2 Å². The van der Waals surface area contributed by atoms with Crippen molar-refractivity contribution < 1.29 is 9.13 Å². The monoisotopic (exact) mass is 301 g/mol. The van der Waals surface area contributed by atoms with Gasteiger partial charge < -0.3 is 10.5 Å². The van der Waals surface area contributed by atoms with Gasteiger partial charge in [-0.25, -0.2) is 4.39 Å². The van der Waals surface area contributed by atoms with E-state index in [4.69, 9.17) is 10.5 Å². The quantitative estimate of drug-likeness (QED) is 0.929. The Balaban J connectivity index is 2.60. The van der Waals surface area contributed by atoms with Crippen LogP contribution >= 0.6 is 15.9 Å². The second-order valence-corrected chi connectivity index (χ2v) is 5.48. The first-order valence-corrected chi connectivity index (χ1v) is 6.66. The molecule has 0 saturated heterocycles. The third kappa shape index (κ3) is 2.08. The van der Waals surface area contributed by atoms with Crippen molar-refractivity contribution >= 4 is 15.9 Å². The van der Waals surface area contributed by atoms with E-state index in [2.05, 4.69) is 15.9 Å². The van der Waals surface area contributed by atoms with Crippen LogP contribution in [0.5, 0.6) is 5.75 Å². The van der Waals surface area contributed by atoms with Crippen molar-refractivity contribution in [3.05, 3.63) is 28.0 Å². The van der Waals surface area contributed by atoms with Crippen LogP contribution in [0.2, 0.25) is 0 Å². The van der Waals surface area contributed by atoms with Gasteiger partial charge in [-0.15, -0.1) is 0 Å². The van der Waals surface area contributed by atoms with Crippen LogP contribution in [-0.2, 0) is 5.41 Å². The molecule has 1 fully saturated rings. The molecule has 1 saturated carbocycles. The van der Waals surface area contributed by atoms with E-state index in [1.807, 2.05) is 0 Å². The van der Waals surface area contributed by atoms with Crippen LogP contribution in [0.4, 0.5) is 4.39 Å². The van der Waals surface area contributed by atoms with Gasteiger partial charge in [-0.05, 0) is 40.9 Å². The largest absolute Gasteiger partial charge is 0.495 e. The van der Waals surface area contributed by atoms with Crippen LogP contribution in [0, 0.1) is 5.82 Å². The van der Waals surface area contributed by atoms with Gasteiger partial charge >= 0.3 is 0 Å². The van der Waals surface area contributed by atoms with Crippen LogP contribution < -0.4 is 10.5 Å². The molecule has 1 aliphatic carbocycles. The Labute approximate surface area is 109 Å². The molecule has 1 aliphatic rings. The van der Waals surface area contributed by atoms with Gasteiger partial charge in [-0.2, -0.15) is 0 Å². The number of methoxy groups -OCH3 is 1. The minimum atomic E-state index is -0.251. The number of hydrogen-bond donors (Lipinski definition) is 1. The Morgan fingerprint density at radius 2 is 2.06 bits per heavy atom. The highest BCUT2D eigenvalue weighted by molar-refractivity contribution is 9.10. The zero-order chi connectivity index (χ0) is 12.5. The van der Waals surface area contributed by atoms with Crippen LogP contribution in [-0.4, -0.2) is 13.7 Å². The van der Waals surface area contributed by atoms with Crippen molar-refractivity contribution in [3.63, 3.8) is 0 Å². The number of ether oxygens (including phenoxy) is 1. The lowest BCUT2D eigenvalue weighted by Gasteiger charge is -2.30. The lowest BCUT2D eigenvalue weighted by Crippen LogP contribution is -2.33. The van der Waals surface area contributed by atoms with Crippen molar-refractivity contribution in [2.75, 3.05) is 13.7 Å². The van der Waals surface area contributed by atoms with Gasteiger partial charge in [-0.3, -0.25) is 0 Å². The summed E-state index contributed by atoms with van der Waals surface area (Å²) in [6.45, 7) is 0.469. The molecule has 0 unspecified atom stereocenters. The standard InChI is InChI=1S/C13H17BrFNO/c1-17-12-9(14)4-5-10(15)11(12)13(8-16)6-2-3-7-13/h4-5H,2-3,6-8,16H2,1H3. The zero-order valence-electron chi connectivity index (χ0n) is 9.93. The van der Waals surface area contributed by atoms with E-state index in [1.54, 1.807) is 13.2 Å². The molecule has 0 aliphatic heterocycles. The number of rotatable bonds is 3. The van der Waals surface area contributed by atoms with Gasteiger partial charge in [0, 0.05) is 17.5 Å². The molecule has 17 heavy (non-hydrogen) atoms. The van der Waals surface area contributed by atoms with E-state index in [-0.39, 0.29) is 11.2 Å². The van der Waals surface area contributed by atoms with Gasteiger partial charge in [0.1, 0.15) is 11.6 Å². The molecule has 94 valence electrons. The van der Waals surface area contributed by atoms with Crippen LogP contribution in [0.3, 0.4) is 0 Å². The highest BCUT2D eigenvalue weighted by Crippen LogP contribution is 2.47. The summed E-state index contributed by atoms with van der Waals surface area (Å²) in [4.78, 5) is 0. The predicted octanol–water partition coefficient (Wildman–Crippen LogP) is 3.37. The van der Waals surface area contributed by atoms with E-state index in [1.165, 1.54) is 6.07 Å². The second-order valence-electron chi connectivity index (χ2n) is 4.63. The summed E-state index contributed by atoms with van der Waals surface area (Å²) in [6, 6.07) is 3.16. The maximum absolute atomic E-state index is 14.1. The SMILES string of the molecule is COc1c(Br)ccc(F)c1C1(CN)CCCC1. The van der Waals surface area contributed by atoms with Crippen LogP contribution in [0.25, 0.3) is 0 Å². The number of halogens is 2. The van der Waals surface area contributed by atoms with Gasteiger partial charge in [0.25, 0.3) is 0 Å². The Morgan fingerprint density at radius 3 is 2.59 bits per heavy atom. The Bertz CT molecular complexity index is 416. The van der Waals surface area contributed by atoms with Gasteiger partial charge in [-0.1, -0.05) is 12.8 Å². The fourth-order valence-electron chi connectivity index (χ4n) is 2.83. The first kappa shape index (κ1) is 12.8. The van der Waals surface area contributed by atoms with Crippen LogP contribution in [0.1, 0.15) is 31.2 Å². The summed E-state index contributed by atoms with van der Waals surface area (Å²) in [7, 11) is 1.57. The molecule has 0 aromatic heterocycles. The third-order valence-electron chi connectivity index (χ3n) is 3.74. The Kier molecular flexibility index (Phi) is 3.73. The van der Waals surface area contributed by atoms with Crippen molar-refractivity contribution in [1.29, 1.82) is 0 Å². The zero-order valence-corrected chi connectivity index (χ0v) is 11.5. The van der Waals surface area contributed by atoms with E-state index in [0.717, 1.165) is 30.2 Å². The van der Waals surface area contributed by atoms with E-state index in [9.17, 15) is 4.39 Å². The van der Waals surface area contributed by atoms with Crippen molar-refractivity contribution in [3.8, 4) is 5.75 Å². The lowest BCUT2D eigenvalue weighted by molar-refractivity contribution is 0.362. The highest BCUT2D eigenvalue weighted by Gasteiger charge is 2.39. The summed E-state index contributed by atoms with van der Waals surface area (Å²) in [5.41, 5.74) is 6.30. The summed E-state index contributed by atoms with van der Waals surface area (Å²) in [6.07, 6.45) is 4.08. The van der Waals surface area contributed by atoms with Crippen molar-refractivity contribution in [2.24, 2.45) is 5.73 Å². The van der Waals surface area contributed by atoms with Gasteiger partial charge in [0.05, 0.1) is 11.6 Å². The Hall–Kier alpha value is -0.610. The minimum absolute atomic E-state index is 0.211. The summed E-state index contributed by atoms with van der Waals surface area (Å²) < 4.78 is 20.3. The molecule has 0 heterocycles. The van der Waals surface area contributed by atoms with E-state index in [0.29, 0.717) is 17.9 Å². The maximum atomic E-state index is 14.1. The molecule has 0 spiro atoms. The summed E-state index contributed by atoms with van der Waals surface area (Å²) in [5.74, 6) is 0.384. The molecule has 0 bridgehead atoms. The van der Waals surface area contributed by atoms with Gasteiger partial charge in [0.15, 0.2) is 0 Å². The normalized spacial score (nSPS) is 18.4. The maximum Gasteiger partial charge on any atom is 0.139 e. The minimum Gasteiger partial charge on any atom is -0.495 e. The van der Waals surface area contributed by atoms with Gasteiger partial charge in [0.2, 0.25) is 0 Å². The molecular formula is C13H17BrFNO. The summed E-state index contributed by atoms with van der Waals surface area (Å²) in [5, 5.41) is 0. The molecule has 4 heteroatoms. The fraction of sp³-hybridized carbons (Fsp3) is 0.538. The molecule has 2 rings (SSSR count). The second kappa shape index (κ2) is 4.94. The van der Waals surface area contributed by atoms with Crippen molar-refractivity contribution in [1.82, 2.24) is 0 Å². The average Bonchev–Trinajstić information content (AvgIpc) is 2.81. The van der Waals surface area contributed by atoms with E-state index >= 15 is 0 Å². The number of nitrogens with two attached hydrogens (primary N) is 1. The molecular weight excluding hydrogens is 285 g/mol. The molecule has 0 atom stereocenters. The Morgan fingerprint density at radius 1 is 1.41 bits per heavy atom. The smallest absolute Gasteiger partial charge is 0.139 e. The highest BCUT2D eigenvalue weighted by atomic mass is 79.9. The average molecular weight is 302 g/mol. The summed E-state index contributed by atoms with van der Waals surface area (Å²) >= 11 is 3.41. The van der Waals surface area contributed by atoms with E-state index < -0.39 is 0 Å². The molecule has 2 nitrogen and oxygen atoms in total. The predicted molar refractivity (Wildman–Crippen MR) is 69.9 cm³/mol. The molecule has 1 aromatic rings. The molecule has 1 aromatic carbocycles. The van der Waals surface area contributed by atoms with Crippen molar-refractivity contribution in [2.45, 2.75) is 31.1 Å². The first-order chi connectivity index (χ1) is 8.14. The molecule has 2 N–H and O–H groups in total. The number of hydrogen-bond acceptors (Lipinski definition) is 2. The fourth-order valence-corrected chi connectivity index (χ4v) is 3.33. The lowest BCUT2D eigenvalue weighted by atomic mass is 9.78. The first-order valence-electron chi connectivity index (χ1n) is 5.87.